The molecule has 3 aromatic carbocycles. The number of carbonyl (C=O) groups excluding carboxylic acids is 2. The Labute approximate surface area is 250 Å². The molecule has 1 unspecified atom stereocenters. The van der Waals surface area contributed by atoms with Gasteiger partial charge in [0.15, 0.2) is 0 Å². The second kappa shape index (κ2) is 13.4. The lowest BCUT2D eigenvalue weighted by Gasteiger charge is -2.44. The molecule has 2 bridgehead atoms. The molecule has 0 aliphatic carbocycles. The molecule has 2 heterocycles. The third kappa shape index (κ3) is 6.93. The fourth-order valence-electron chi connectivity index (χ4n) is 6.08. The third-order valence-electron chi connectivity index (χ3n) is 8.73. The number of hydrogen-bond acceptors (Lipinski definition) is 4. The second-order valence-electron chi connectivity index (χ2n) is 11.7. The van der Waals surface area contributed by atoms with Crippen molar-refractivity contribution < 1.29 is 14.3 Å². The normalized spacial score (nSPS) is 18.1. The predicted octanol–water partition coefficient (Wildman–Crippen LogP) is 5.36. The Bertz CT molecular complexity index is 1430. The van der Waals surface area contributed by atoms with Gasteiger partial charge in [-0.1, -0.05) is 66.7 Å². The molecule has 42 heavy (non-hydrogen) atoms. The van der Waals surface area contributed by atoms with Crippen molar-refractivity contribution in [3.8, 4) is 5.75 Å². The summed E-state index contributed by atoms with van der Waals surface area (Å²) in [5, 5.41) is 3.65. The average molecular weight is 566 g/mol. The molecule has 0 spiro atoms. The molecule has 0 radical (unpaired) electrons. The van der Waals surface area contributed by atoms with Crippen LogP contribution in [0.4, 0.5) is 0 Å². The lowest BCUT2D eigenvalue weighted by Crippen LogP contribution is -2.61. The number of rotatable bonds is 10. The van der Waals surface area contributed by atoms with Crippen LogP contribution >= 0.6 is 0 Å². The SMILES string of the molecule is CC(=O)N1CC2CC(c3ccc(CCCOc4cccc(C)c4C)cc3)=C(C(=O)N(C)CCc3ccccc3)[C@@H](C1)N2. The number of likely N-dealkylation sites (N-methyl/N-ethyl adjacent to an activating group) is 1. The minimum absolute atomic E-state index is 0.0370. The number of aryl methyl sites for hydroxylation is 2. The van der Waals surface area contributed by atoms with Crippen molar-refractivity contribution >= 4 is 17.4 Å². The van der Waals surface area contributed by atoms with Crippen LogP contribution in [0.25, 0.3) is 5.57 Å². The first-order valence-corrected chi connectivity index (χ1v) is 15.1. The number of ether oxygens (including phenoxy) is 1. The van der Waals surface area contributed by atoms with E-state index in [1.807, 2.05) is 47.2 Å². The Kier molecular flexibility index (Phi) is 9.43. The van der Waals surface area contributed by atoms with E-state index < -0.39 is 0 Å². The van der Waals surface area contributed by atoms with Crippen molar-refractivity contribution in [2.45, 2.75) is 58.5 Å². The van der Waals surface area contributed by atoms with Crippen LogP contribution in [0.3, 0.4) is 0 Å². The summed E-state index contributed by atoms with van der Waals surface area (Å²) in [6.07, 6.45) is 3.38. The highest BCUT2D eigenvalue weighted by atomic mass is 16.5. The van der Waals surface area contributed by atoms with Crippen LogP contribution in [0.2, 0.25) is 0 Å². The van der Waals surface area contributed by atoms with E-state index in [1.165, 1.54) is 22.3 Å². The molecule has 5 rings (SSSR count). The van der Waals surface area contributed by atoms with Gasteiger partial charge in [-0.3, -0.25) is 9.59 Å². The second-order valence-corrected chi connectivity index (χ2v) is 11.7. The first-order chi connectivity index (χ1) is 20.3. The van der Waals surface area contributed by atoms with E-state index in [0.29, 0.717) is 26.2 Å². The zero-order valence-electron chi connectivity index (χ0n) is 25.4. The van der Waals surface area contributed by atoms with Gasteiger partial charge >= 0.3 is 0 Å². The first-order valence-electron chi connectivity index (χ1n) is 15.1. The fraction of sp³-hybridized carbons (Fsp3) is 0.389. The van der Waals surface area contributed by atoms with Crippen LogP contribution < -0.4 is 10.1 Å². The van der Waals surface area contributed by atoms with Crippen molar-refractivity contribution in [3.63, 3.8) is 0 Å². The summed E-state index contributed by atoms with van der Waals surface area (Å²) in [4.78, 5) is 30.0. The Morgan fingerprint density at radius 1 is 0.929 bits per heavy atom. The maximum atomic E-state index is 14.0. The highest BCUT2D eigenvalue weighted by Gasteiger charge is 2.39. The van der Waals surface area contributed by atoms with Crippen molar-refractivity contribution in [1.82, 2.24) is 15.1 Å². The molecule has 1 saturated heterocycles. The third-order valence-corrected chi connectivity index (χ3v) is 8.73. The Balaban J connectivity index is 1.30. The van der Waals surface area contributed by atoms with E-state index in [2.05, 4.69) is 61.6 Å². The minimum atomic E-state index is -0.176. The molecule has 1 N–H and O–H groups in total. The van der Waals surface area contributed by atoms with E-state index in [4.69, 9.17) is 4.74 Å². The van der Waals surface area contributed by atoms with Crippen LogP contribution in [-0.2, 0) is 22.4 Å². The smallest absolute Gasteiger partial charge is 0.251 e. The number of carbonyl (C=O) groups is 2. The molecule has 0 saturated carbocycles. The number of fused-ring (bicyclic) bond motifs is 2. The van der Waals surface area contributed by atoms with Gasteiger partial charge in [0, 0.05) is 45.2 Å². The van der Waals surface area contributed by atoms with Gasteiger partial charge in [-0.05, 0) is 79.0 Å². The van der Waals surface area contributed by atoms with Crippen LogP contribution in [0.5, 0.6) is 5.75 Å². The number of piperazine rings is 1. The number of amides is 2. The zero-order valence-corrected chi connectivity index (χ0v) is 25.4. The number of benzene rings is 3. The van der Waals surface area contributed by atoms with Gasteiger partial charge in [-0.15, -0.1) is 0 Å². The number of nitrogens with one attached hydrogen (secondary N) is 1. The van der Waals surface area contributed by atoms with Gasteiger partial charge in [0.1, 0.15) is 5.75 Å². The number of nitrogens with zero attached hydrogens (tertiary/aromatic N) is 2. The van der Waals surface area contributed by atoms with Crippen LogP contribution in [0.1, 0.15) is 47.6 Å². The lowest BCUT2D eigenvalue weighted by molar-refractivity contribution is -0.132. The van der Waals surface area contributed by atoms with E-state index in [0.717, 1.165) is 48.1 Å². The van der Waals surface area contributed by atoms with Crippen molar-refractivity contribution in [2.75, 3.05) is 33.3 Å². The Morgan fingerprint density at radius 2 is 1.67 bits per heavy atom. The predicted molar refractivity (Wildman–Crippen MR) is 168 cm³/mol. The Morgan fingerprint density at radius 3 is 2.40 bits per heavy atom. The summed E-state index contributed by atoms with van der Waals surface area (Å²) < 4.78 is 6.05. The van der Waals surface area contributed by atoms with Crippen molar-refractivity contribution in [2.24, 2.45) is 0 Å². The van der Waals surface area contributed by atoms with E-state index >= 15 is 0 Å². The van der Waals surface area contributed by atoms with Crippen LogP contribution in [0.15, 0.2) is 78.4 Å². The highest BCUT2D eigenvalue weighted by molar-refractivity contribution is 6.03. The monoisotopic (exact) mass is 565 g/mol. The van der Waals surface area contributed by atoms with Gasteiger partial charge in [-0.25, -0.2) is 0 Å². The molecule has 3 aromatic rings. The largest absolute Gasteiger partial charge is 0.493 e. The van der Waals surface area contributed by atoms with Gasteiger partial charge < -0.3 is 19.9 Å². The highest BCUT2D eigenvalue weighted by Crippen LogP contribution is 2.34. The molecular weight excluding hydrogens is 522 g/mol. The summed E-state index contributed by atoms with van der Waals surface area (Å²) >= 11 is 0. The van der Waals surface area contributed by atoms with E-state index in [1.54, 1.807) is 6.92 Å². The first kappa shape index (κ1) is 29.6. The van der Waals surface area contributed by atoms with Gasteiger partial charge in [-0.2, -0.15) is 0 Å². The fourth-order valence-corrected chi connectivity index (χ4v) is 6.08. The van der Waals surface area contributed by atoms with E-state index in [9.17, 15) is 9.59 Å². The van der Waals surface area contributed by atoms with E-state index in [-0.39, 0.29) is 23.9 Å². The lowest BCUT2D eigenvalue weighted by atomic mass is 9.82. The molecule has 6 heteroatoms. The Hall–Kier alpha value is -3.90. The molecule has 1 fully saturated rings. The molecule has 6 nitrogen and oxygen atoms in total. The summed E-state index contributed by atoms with van der Waals surface area (Å²) in [5.74, 6) is 1.06. The molecule has 220 valence electrons. The van der Waals surface area contributed by atoms with Gasteiger partial charge in [0.2, 0.25) is 5.91 Å². The summed E-state index contributed by atoms with van der Waals surface area (Å²) in [7, 11) is 1.89. The molecule has 0 aromatic heterocycles. The zero-order chi connectivity index (χ0) is 29.6. The maximum absolute atomic E-state index is 14.0. The van der Waals surface area contributed by atoms with Gasteiger partial charge in [0.25, 0.3) is 5.91 Å². The quantitative estimate of drug-likeness (QED) is 0.336. The standard InChI is InChI=1S/C36H43N3O3/c1-25-10-8-14-34(26(25)2)42-21-9-13-29-15-17-30(18-16-29)32-22-31-23-39(27(3)40)24-33(37-31)35(32)36(41)38(4)20-19-28-11-6-5-7-12-28/h5-8,10-12,14-18,31,33,37H,9,13,19-24H2,1-4H3/t31?,33-/m1/s1. The topological polar surface area (TPSA) is 61.9 Å². The minimum Gasteiger partial charge on any atom is -0.493 e. The molecule has 2 aliphatic heterocycles. The van der Waals surface area contributed by atoms with Crippen molar-refractivity contribution in [3.05, 3.63) is 106 Å². The van der Waals surface area contributed by atoms with Crippen LogP contribution in [0, 0.1) is 13.8 Å². The number of hydrogen-bond donors (Lipinski definition) is 1. The summed E-state index contributed by atoms with van der Waals surface area (Å²) in [6.45, 7) is 8.31. The van der Waals surface area contributed by atoms with Crippen molar-refractivity contribution in [1.29, 1.82) is 0 Å². The van der Waals surface area contributed by atoms with Gasteiger partial charge in [0.05, 0.1) is 12.6 Å². The average Bonchev–Trinajstić information content (AvgIpc) is 3.00. The molecule has 2 atom stereocenters. The van der Waals surface area contributed by atoms with Crippen LogP contribution in [-0.4, -0.2) is 67.0 Å². The summed E-state index contributed by atoms with van der Waals surface area (Å²) in [6, 6.07) is 25.1. The maximum Gasteiger partial charge on any atom is 0.251 e. The summed E-state index contributed by atoms with van der Waals surface area (Å²) in [5.41, 5.74) is 7.91. The molecular formula is C36H43N3O3. The molecule has 2 aliphatic rings. The molecule has 2 amide bonds.